The van der Waals surface area contributed by atoms with Crippen LogP contribution in [0.4, 0.5) is 0 Å². The number of hydrogen-bond acceptors (Lipinski definition) is 3. The minimum absolute atomic E-state index is 0.207. The van der Waals surface area contributed by atoms with Gasteiger partial charge in [-0.25, -0.2) is 0 Å². The Balaban J connectivity index is 1.94. The molecule has 0 bridgehead atoms. The van der Waals surface area contributed by atoms with Gasteiger partial charge in [0.2, 0.25) is 0 Å². The maximum absolute atomic E-state index is 6.20. The maximum Gasteiger partial charge on any atom is 0.530 e. The molecule has 0 aromatic heterocycles. The molecule has 3 aromatic rings. The lowest BCUT2D eigenvalue weighted by molar-refractivity contribution is 0.388. The van der Waals surface area contributed by atoms with E-state index in [1.807, 2.05) is 0 Å². The molecule has 0 heterocycles. The number of halogens is 6. The molecular weight excluding hydrogens is 508 g/mol. The van der Waals surface area contributed by atoms with Gasteiger partial charge in [-0.05, 0) is 36.4 Å². The first kappa shape index (κ1) is 21.9. The summed E-state index contributed by atoms with van der Waals surface area (Å²) in [5.74, 6) is 0.782. The van der Waals surface area contributed by atoms with Gasteiger partial charge in [0.1, 0.15) is 15.1 Å². The van der Waals surface area contributed by atoms with Crippen LogP contribution in [-0.4, -0.2) is 0 Å². The lowest BCUT2D eigenvalue weighted by atomic mass is 10.3. The number of hydrogen-bond donors (Lipinski definition) is 0. The van der Waals surface area contributed by atoms with Gasteiger partial charge in [-0.2, -0.15) is 0 Å². The Morgan fingerprint density at radius 3 is 1.04 bits per heavy atom. The number of benzene rings is 3. The molecule has 3 rings (SSSR count). The summed E-state index contributed by atoms with van der Waals surface area (Å²) in [6.07, 6.45) is 0. The van der Waals surface area contributed by atoms with Gasteiger partial charge in [-0.3, -0.25) is 0 Å². The Labute approximate surface area is 192 Å². The van der Waals surface area contributed by atoms with Gasteiger partial charge >= 0.3 is 8.60 Å². The van der Waals surface area contributed by atoms with Gasteiger partial charge in [-0.15, -0.1) is 0 Å². The molecular formula is C18H9Cl6O3P. The van der Waals surface area contributed by atoms with Crippen LogP contribution in [0, 0.1) is 0 Å². The predicted octanol–water partition coefficient (Wildman–Crippen LogP) is 9.37. The standard InChI is InChI=1S/C18H9Cl6O3P/c19-10-4-1-7-13(16(10)22)25-28(26-14-8-2-5-11(20)17(14)23)27-15-9-3-6-12(21)18(15)24/h1-9H. The van der Waals surface area contributed by atoms with E-state index in [-0.39, 0.29) is 32.3 Å². The fraction of sp³-hybridized carbons (Fsp3) is 0. The smallest absolute Gasteiger partial charge is 0.407 e. The highest BCUT2D eigenvalue weighted by Crippen LogP contribution is 2.49. The third-order valence-electron chi connectivity index (χ3n) is 3.27. The topological polar surface area (TPSA) is 27.7 Å². The molecule has 10 heteroatoms. The average molecular weight is 517 g/mol. The average Bonchev–Trinajstić information content (AvgIpc) is 2.66. The highest BCUT2D eigenvalue weighted by atomic mass is 35.5. The summed E-state index contributed by atoms with van der Waals surface area (Å²) in [6, 6.07) is 14.8. The molecule has 0 aliphatic rings. The van der Waals surface area contributed by atoms with E-state index in [1.165, 1.54) is 0 Å². The fourth-order valence-corrected chi connectivity index (χ4v) is 4.16. The molecule has 0 spiro atoms. The van der Waals surface area contributed by atoms with E-state index < -0.39 is 8.60 Å². The van der Waals surface area contributed by atoms with E-state index in [9.17, 15) is 0 Å². The summed E-state index contributed by atoms with van der Waals surface area (Å²) in [6.45, 7) is 0. The zero-order valence-corrected chi connectivity index (χ0v) is 19.1. The first-order chi connectivity index (χ1) is 13.4. The van der Waals surface area contributed by atoms with Crippen molar-refractivity contribution in [2.45, 2.75) is 0 Å². The van der Waals surface area contributed by atoms with E-state index in [1.54, 1.807) is 54.6 Å². The normalized spacial score (nSPS) is 10.8. The summed E-state index contributed by atoms with van der Waals surface area (Å²) >= 11 is 36.8. The summed E-state index contributed by atoms with van der Waals surface area (Å²) in [5.41, 5.74) is 0. The second-order valence-electron chi connectivity index (χ2n) is 5.15. The van der Waals surface area contributed by atoms with Crippen LogP contribution in [-0.2, 0) is 0 Å². The van der Waals surface area contributed by atoms with Crippen molar-refractivity contribution in [3.05, 3.63) is 84.7 Å². The van der Waals surface area contributed by atoms with Crippen molar-refractivity contribution in [3.8, 4) is 17.2 Å². The Kier molecular flexibility index (Phi) is 7.69. The van der Waals surface area contributed by atoms with Gasteiger partial charge in [0, 0.05) is 0 Å². The molecule has 3 nitrogen and oxygen atoms in total. The third-order valence-corrected chi connectivity index (χ3v) is 6.71. The third kappa shape index (κ3) is 5.23. The van der Waals surface area contributed by atoms with E-state index in [2.05, 4.69) is 0 Å². The summed E-state index contributed by atoms with van der Waals surface area (Å²) in [7, 11) is -2.10. The summed E-state index contributed by atoms with van der Waals surface area (Å²) < 4.78 is 17.5. The fourth-order valence-electron chi connectivity index (χ4n) is 1.96. The first-order valence-electron chi connectivity index (χ1n) is 7.53. The second-order valence-corrected chi connectivity index (χ2v) is 8.50. The lowest BCUT2D eigenvalue weighted by Gasteiger charge is -2.20. The first-order valence-corrected chi connectivity index (χ1v) is 10.9. The zero-order valence-electron chi connectivity index (χ0n) is 13.6. The minimum Gasteiger partial charge on any atom is -0.407 e. The van der Waals surface area contributed by atoms with Crippen molar-refractivity contribution >= 4 is 78.2 Å². The van der Waals surface area contributed by atoms with E-state index >= 15 is 0 Å². The monoisotopic (exact) mass is 514 g/mol. The largest absolute Gasteiger partial charge is 0.530 e. The predicted molar refractivity (Wildman–Crippen MR) is 118 cm³/mol. The molecule has 146 valence electrons. The molecule has 0 N–H and O–H groups in total. The van der Waals surface area contributed by atoms with Crippen molar-refractivity contribution in [1.29, 1.82) is 0 Å². The quantitative estimate of drug-likeness (QED) is 0.305. The van der Waals surface area contributed by atoms with Gasteiger partial charge < -0.3 is 13.6 Å². The molecule has 28 heavy (non-hydrogen) atoms. The summed E-state index contributed by atoms with van der Waals surface area (Å²) in [5, 5.41) is 1.57. The van der Waals surface area contributed by atoms with Crippen molar-refractivity contribution < 1.29 is 13.6 Å². The lowest BCUT2D eigenvalue weighted by Crippen LogP contribution is -2.03. The molecule has 0 aliphatic heterocycles. The second kappa shape index (κ2) is 9.82. The zero-order chi connectivity index (χ0) is 20.3. The van der Waals surface area contributed by atoms with E-state index in [0.717, 1.165) is 0 Å². The van der Waals surface area contributed by atoms with E-state index in [4.69, 9.17) is 83.2 Å². The molecule has 0 saturated heterocycles. The molecule has 0 fully saturated rings. The van der Waals surface area contributed by atoms with Crippen molar-refractivity contribution in [2.24, 2.45) is 0 Å². The molecule has 0 radical (unpaired) electrons. The van der Waals surface area contributed by atoms with Crippen LogP contribution in [0.15, 0.2) is 54.6 Å². The van der Waals surface area contributed by atoms with Crippen molar-refractivity contribution in [3.63, 3.8) is 0 Å². The Morgan fingerprint density at radius 1 is 0.464 bits per heavy atom. The number of rotatable bonds is 6. The molecule has 0 aliphatic carbocycles. The van der Waals surface area contributed by atoms with Crippen LogP contribution >= 0.6 is 78.2 Å². The SMILES string of the molecule is Clc1cccc(OP(Oc2cccc(Cl)c2Cl)Oc2cccc(Cl)c2Cl)c1Cl. The van der Waals surface area contributed by atoms with Crippen molar-refractivity contribution in [2.75, 3.05) is 0 Å². The molecule has 0 atom stereocenters. The van der Waals surface area contributed by atoms with Crippen LogP contribution in [0.3, 0.4) is 0 Å². The van der Waals surface area contributed by atoms with Crippen molar-refractivity contribution in [1.82, 2.24) is 0 Å². The molecule has 0 saturated carbocycles. The maximum atomic E-state index is 6.20. The van der Waals surface area contributed by atoms with Gasteiger partial charge in [0.05, 0.1) is 15.1 Å². The summed E-state index contributed by atoms with van der Waals surface area (Å²) in [4.78, 5) is 0. The highest BCUT2D eigenvalue weighted by Gasteiger charge is 2.25. The Hall–Kier alpha value is -0.770. The van der Waals surface area contributed by atoms with Crippen LogP contribution in [0.2, 0.25) is 30.1 Å². The molecule has 0 amide bonds. The molecule has 0 unspecified atom stereocenters. The van der Waals surface area contributed by atoms with Gasteiger partial charge in [-0.1, -0.05) is 87.8 Å². The van der Waals surface area contributed by atoms with Crippen LogP contribution < -0.4 is 13.6 Å². The van der Waals surface area contributed by atoms with Gasteiger partial charge in [0.15, 0.2) is 17.2 Å². The van der Waals surface area contributed by atoms with Gasteiger partial charge in [0.25, 0.3) is 0 Å². The highest BCUT2D eigenvalue weighted by molar-refractivity contribution is 7.43. The minimum atomic E-state index is -2.10. The molecule has 3 aromatic carbocycles. The van der Waals surface area contributed by atoms with Crippen LogP contribution in [0.1, 0.15) is 0 Å². The Morgan fingerprint density at radius 2 is 0.750 bits per heavy atom. The van der Waals surface area contributed by atoms with Crippen LogP contribution in [0.5, 0.6) is 17.2 Å². The van der Waals surface area contributed by atoms with Crippen LogP contribution in [0.25, 0.3) is 0 Å². The Bertz CT molecular complexity index is 874. The van der Waals surface area contributed by atoms with E-state index in [0.29, 0.717) is 15.1 Å².